The van der Waals surface area contributed by atoms with Crippen molar-refractivity contribution in [2.24, 2.45) is 0 Å². The van der Waals surface area contributed by atoms with Crippen molar-refractivity contribution < 1.29 is 33.3 Å². The molecule has 24 heavy (non-hydrogen) atoms. The average Bonchev–Trinajstić information content (AvgIpc) is 3.06. The summed E-state index contributed by atoms with van der Waals surface area (Å²) < 4.78 is 23.7. The van der Waals surface area contributed by atoms with Crippen LogP contribution in [-0.2, 0) is 16.1 Å². The topological polar surface area (TPSA) is 109 Å². The van der Waals surface area contributed by atoms with Crippen LogP contribution >= 0.6 is 0 Å². The van der Waals surface area contributed by atoms with Crippen LogP contribution < -0.4 is 10.1 Å². The van der Waals surface area contributed by atoms with E-state index >= 15 is 0 Å². The zero-order chi connectivity index (χ0) is 17.8. The standard InChI is InChI=1S/C14H16FNO2.C2H2O4/c15-13-6-1-2-7-14(13)18-10-4-8-16-11-12-5-3-9-17-12;3-1(4)2(5)6/h1-3,5-7,9,16H,4,8,10-11H2;(H,3,4)(H,5,6). The lowest BCUT2D eigenvalue weighted by molar-refractivity contribution is -0.159. The third kappa shape index (κ3) is 7.95. The second kappa shape index (κ2) is 10.8. The molecule has 0 aliphatic carbocycles. The number of carbonyl (C=O) groups is 2. The van der Waals surface area contributed by atoms with Gasteiger partial charge in [0.2, 0.25) is 0 Å². The number of aliphatic carboxylic acids is 2. The molecule has 0 saturated carbocycles. The summed E-state index contributed by atoms with van der Waals surface area (Å²) in [5.74, 6) is -2.75. The Bertz CT molecular complexity index is 617. The number of carboxylic acids is 2. The largest absolute Gasteiger partial charge is 0.490 e. The SMILES string of the molecule is Fc1ccccc1OCCCNCc1ccco1.O=C(O)C(=O)O. The molecule has 0 spiro atoms. The van der Waals surface area contributed by atoms with E-state index in [2.05, 4.69) is 5.32 Å². The Morgan fingerprint density at radius 2 is 1.83 bits per heavy atom. The average molecular weight is 339 g/mol. The highest BCUT2D eigenvalue weighted by Gasteiger charge is 2.04. The lowest BCUT2D eigenvalue weighted by Gasteiger charge is -2.07. The molecule has 3 N–H and O–H groups in total. The van der Waals surface area contributed by atoms with E-state index in [0.717, 1.165) is 18.7 Å². The number of furan rings is 1. The molecule has 8 heteroatoms. The summed E-state index contributed by atoms with van der Waals surface area (Å²) in [4.78, 5) is 18.2. The summed E-state index contributed by atoms with van der Waals surface area (Å²) in [6.45, 7) is 1.99. The van der Waals surface area contributed by atoms with Crippen molar-refractivity contribution in [3.05, 3.63) is 54.2 Å². The lowest BCUT2D eigenvalue weighted by atomic mass is 10.3. The van der Waals surface area contributed by atoms with Crippen LogP contribution in [0.4, 0.5) is 4.39 Å². The quantitative estimate of drug-likeness (QED) is 0.524. The van der Waals surface area contributed by atoms with Crippen LogP contribution in [0.3, 0.4) is 0 Å². The van der Waals surface area contributed by atoms with Crippen molar-refractivity contribution in [2.75, 3.05) is 13.2 Å². The molecule has 7 nitrogen and oxygen atoms in total. The monoisotopic (exact) mass is 339 g/mol. The van der Waals surface area contributed by atoms with E-state index in [1.54, 1.807) is 24.5 Å². The van der Waals surface area contributed by atoms with E-state index in [-0.39, 0.29) is 5.82 Å². The van der Waals surface area contributed by atoms with E-state index < -0.39 is 11.9 Å². The second-order valence-electron chi connectivity index (χ2n) is 4.50. The van der Waals surface area contributed by atoms with E-state index in [1.807, 2.05) is 12.1 Å². The summed E-state index contributed by atoms with van der Waals surface area (Å²) in [5.41, 5.74) is 0. The fourth-order valence-corrected chi connectivity index (χ4v) is 1.57. The Labute approximate surface area is 137 Å². The predicted octanol–water partition coefficient (Wildman–Crippen LogP) is 2.13. The number of hydrogen-bond donors (Lipinski definition) is 3. The minimum absolute atomic E-state index is 0.309. The third-order valence-corrected chi connectivity index (χ3v) is 2.65. The van der Waals surface area contributed by atoms with Crippen molar-refractivity contribution in [2.45, 2.75) is 13.0 Å². The molecule has 0 aliphatic heterocycles. The molecule has 0 bridgehead atoms. The number of rotatable bonds is 7. The first-order chi connectivity index (χ1) is 11.5. The van der Waals surface area contributed by atoms with Gasteiger partial charge in [0.1, 0.15) is 5.76 Å². The Kier molecular flexibility index (Phi) is 8.62. The number of para-hydroxylation sites is 1. The highest BCUT2D eigenvalue weighted by atomic mass is 19.1. The fourth-order valence-electron chi connectivity index (χ4n) is 1.57. The molecule has 2 rings (SSSR count). The van der Waals surface area contributed by atoms with Gasteiger partial charge in [-0.15, -0.1) is 0 Å². The van der Waals surface area contributed by atoms with Crippen molar-refractivity contribution >= 4 is 11.9 Å². The second-order valence-corrected chi connectivity index (χ2v) is 4.50. The van der Waals surface area contributed by atoms with Gasteiger partial charge >= 0.3 is 11.9 Å². The molecule has 0 amide bonds. The smallest absolute Gasteiger partial charge is 0.414 e. The van der Waals surface area contributed by atoms with Crippen LogP contribution in [-0.4, -0.2) is 35.3 Å². The van der Waals surface area contributed by atoms with Crippen molar-refractivity contribution in [3.63, 3.8) is 0 Å². The molecule has 1 aromatic carbocycles. The maximum atomic E-state index is 13.2. The van der Waals surface area contributed by atoms with Crippen LogP contribution in [0.2, 0.25) is 0 Å². The zero-order valence-electron chi connectivity index (χ0n) is 12.8. The number of nitrogens with one attached hydrogen (secondary N) is 1. The molecule has 0 atom stereocenters. The zero-order valence-corrected chi connectivity index (χ0v) is 12.8. The summed E-state index contributed by atoms with van der Waals surface area (Å²) >= 11 is 0. The van der Waals surface area contributed by atoms with Gasteiger partial charge in [0, 0.05) is 0 Å². The van der Waals surface area contributed by atoms with E-state index in [1.165, 1.54) is 6.07 Å². The molecule has 0 unspecified atom stereocenters. The van der Waals surface area contributed by atoms with Gasteiger partial charge in [-0.2, -0.15) is 0 Å². The van der Waals surface area contributed by atoms with Crippen LogP contribution in [0.5, 0.6) is 5.75 Å². The molecule has 0 aliphatic rings. The Morgan fingerprint density at radius 3 is 2.42 bits per heavy atom. The third-order valence-electron chi connectivity index (χ3n) is 2.65. The van der Waals surface area contributed by atoms with Crippen molar-refractivity contribution in [1.29, 1.82) is 0 Å². The van der Waals surface area contributed by atoms with Crippen LogP contribution in [0.15, 0.2) is 47.1 Å². The lowest BCUT2D eigenvalue weighted by Crippen LogP contribution is -2.16. The van der Waals surface area contributed by atoms with E-state index in [4.69, 9.17) is 29.0 Å². The fraction of sp³-hybridized carbons (Fsp3) is 0.250. The highest BCUT2D eigenvalue weighted by Crippen LogP contribution is 2.15. The Balaban J connectivity index is 0.000000413. The molecule has 2 aromatic rings. The van der Waals surface area contributed by atoms with Crippen LogP contribution in [0.25, 0.3) is 0 Å². The van der Waals surface area contributed by atoms with Gasteiger partial charge < -0.3 is 24.7 Å². The van der Waals surface area contributed by atoms with Crippen molar-refractivity contribution in [1.82, 2.24) is 5.32 Å². The van der Waals surface area contributed by atoms with E-state index in [0.29, 0.717) is 18.9 Å². The number of carboxylic acid groups (broad SMARTS) is 2. The number of ether oxygens (including phenoxy) is 1. The molecular formula is C16H18FNO6. The Hall–Kier alpha value is -2.87. The number of hydrogen-bond acceptors (Lipinski definition) is 5. The van der Waals surface area contributed by atoms with Gasteiger partial charge in [-0.25, -0.2) is 14.0 Å². The molecular weight excluding hydrogens is 321 g/mol. The summed E-state index contributed by atoms with van der Waals surface area (Å²) in [7, 11) is 0. The summed E-state index contributed by atoms with van der Waals surface area (Å²) in [5, 5.41) is 18.0. The number of benzene rings is 1. The normalized spacial score (nSPS) is 9.71. The van der Waals surface area contributed by atoms with Gasteiger partial charge in [-0.3, -0.25) is 0 Å². The van der Waals surface area contributed by atoms with Gasteiger partial charge in [-0.05, 0) is 37.2 Å². The Morgan fingerprint density at radius 1 is 1.12 bits per heavy atom. The summed E-state index contributed by atoms with van der Waals surface area (Å²) in [6.07, 6.45) is 2.47. The van der Waals surface area contributed by atoms with Crippen molar-refractivity contribution in [3.8, 4) is 5.75 Å². The first-order valence-corrected chi connectivity index (χ1v) is 7.07. The molecule has 1 aromatic heterocycles. The van der Waals surface area contributed by atoms with Gasteiger partial charge in [0.05, 0.1) is 19.4 Å². The minimum Gasteiger partial charge on any atom is -0.490 e. The van der Waals surface area contributed by atoms with Gasteiger partial charge in [-0.1, -0.05) is 12.1 Å². The molecule has 0 fully saturated rings. The molecule has 130 valence electrons. The van der Waals surface area contributed by atoms with E-state index in [9.17, 15) is 4.39 Å². The molecule has 0 radical (unpaired) electrons. The first kappa shape index (κ1) is 19.2. The van der Waals surface area contributed by atoms with Crippen LogP contribution in [0, 0.1) is 5.82 Å². The highest BCUT2D eigenvalue weighted by molar-refractivity contribution is 6.27. The maximum Gasteiger partial charge on any atom is 0.414 e. The maximum absolute atomic E-state index is 13.2. The predicted molar refractivity (Wildman–Crippen MR) is 82.2 cm³/mol. The van der Waals surface area contributed by atoms with Gasteiger partial charge in [0.15, 0.2) is 11.6 Å². The molecule has 1 heterocycles. The first-order valence-electron chi connectivity index (χ1n) is 7.07. The summed E-state index contributed by atoms with van der Waals surface area (Å²) in [6, 6.07) is 10.2. The minimum atomic E-state index is -1.82. The number of halogens is 1. The van der Waals surface area contributed by atoms with Gasteiger partial charge in [0.25, 0.3) is 0 Å². The van der Waals surface area contributed by atoms with Crippen LogP contribution in [0.1, 0.15) is 12.2 Å². The molecule has 0 saturated heterocycles.